The average molecular weight is 340 g/mol. The lowest BCUT2D eigenvalue weighted by atomic mass is 10.4. The number of aromatic nitrogens is 1. The van der Waals surface area contributed by atoms with Gasteiger partial charge in [-0.15, -0.1) is 35.3 Å². The quantitative estimate of drug-likeness (QED) is 0.507. The Morgan fingerprint density at radius 2 is 2.07 bits per heavy atom. The Kier molecular flexibility index (Phi) is 6.11. The SMILES string of the molecule is Cc1nc(C)c(CN=C(N)N(C)C)s1.I. The number of halogens is 1. The number of hydrogen-bond acceptors (Lipinski definition) is 3. The number of rotatable bonds is 2. The Bertz CT molecular complexity index is 346. The van der Waals surface area contributed by atoms with Gasteiger partial charge in [-0.05, 0) is 13.8 Å². The summed E-state index contributed by atoms with van der Waals surface area (Å²) in [5.41, 5.74) is 6.74. The van der Waals surface area contributed by atoms with E-state index in [-0.39, 0.29) is 24.0 Å². The fraction of sp³-hybridized carbons (Fsp3) is 0.556. The van der Waals surface area contributed by atoms with Crippen molar-refractivity contribution in [2.75, 3.05) is 14.1 Å². The van der Waals surface area contributed by atoms with Gasteiger partial charge in [0.15, 0.2) is 5.96 Å². The van der Waals surface area contributed by atoms with Crippen LogP contribution in [0.1, 0.15) is 15.6 Å². The maximum atomic E-state index is 5.68. The van der Waals surface area contributed by atoms with Gasteiger partial charge in [0.05, 0.1) is 17.2 Å². The third-order valence-corrected chi connectivity index (χ3v) is 2.90. The molecule has 1 rings (SSSR count). The van der Waals surface area contributed by atoms with Gasteiger partial charge in [0, 0.05) is 19.0 Å². The lowest BCUT2D eigenvalue weighted by Gasteiger charge is -2.09. The number of aliphatic imine (C=N–C) groups is 1. The van der Waals surface area contributed by atoms with Gasteiger partial charge < -0.3 is 10.6 Å². The Morgan fingerprint density at radius 3 is 2.47 bits per heavy atom. The van der Waals surface area contributed by atoms with Crippen molar-refractivity contribution >= 4 is 41.3 Å². The van der Waals surface area contributed by atoms with Gasteiger partial charge in [-0.3, -0.25) is 0 Å². The first-order valence-electron chi connectivity index (χ1n) is 4.41. The molecule has 0 spiro atoms. The molecule has 1 aromatic heterocycles. The lowest BCUT2D eigenvalue weighted by Crippen LogP contribution is -2.30. The summed E-state index contributed by atoms with van der Waals surface area (Å²) in [4.78, 5) is 11.6. The molecule has 0 fully saturated rings. The number of aryl methyl sites for hydroxylation is 2. The van der Waals surface area contributed by atoms with Crippen LogP contribution >= 0.6 is 35.3 Å². The van der Waals surface area contributed by atoms with Crippen LogP contribution in [-0.2, 0) is 6.54 Å². The molecule has 0 aliphatic carbocycles. The van der Waals surface area contributed by atoms with Gasteiger partial charge in [-0.25, -0.2) is 9.98 Å². The second-order valence-corrected chi connectivity index (χ2v) is 4.60. The predicted molar refractivity (Wildman–Crippen MR) is 76.0 cm³/mol. The Morgan fingerprint density at radius 1 is 1.47 bits per heavy atom. The van der Waals surface area contributed by atoms with Crippen molar-refractivity contribution in [1.82, 2.24) is 9.88 Å². The first-order valence-corrected chi connectivity index (χ1v) is 5.22. The van der Waals surface area contributed by atoms with Crippen LogP contribution in [-0.4, -0.2) is 29.9 Å². The van der Waals surface area contributed by atoms with Crippen LogP contribution < -0.4 is 5.73 Å². The maximum absolute atomic E-state index is 5.68. The third kappa shape index (κ3) is 4.33. The standard InChI is InChI=1S/C9H16N4S.HI/c1-6-8(14-7(2)12-6)5-11-9(10)13(3)4;/h5H2,1-4H3,(H2,10,11);1H. The largest absolute Gasteiger partial charge is 0.370 e. The molecule has 1 aromatic rings. The molecule has 0 saturated heterocycles. The van der Waals surface area contributed by atoms with E-state index in [0.29, 0.717) is 12.5 Å². The van der Waals surface area contributed by atoms with Crippen LogP contribution in [0.25, 0.3) is 0 Å². The van der Waals surface area contributed by atoms with Crippen molar-refractivity contribution < 1.29 is 0 Å². The van der Waals surface area contributed by atoms with Crippen molar-refractivity contribution in [1.29, 1.82) is 0 Å². The number of nitrogens with zero attached hydrogens (tertiary/aromatic N) is 3. The van der Waals surface area contributed by atoms with Crippen LogP contribution in [0.2, 0.25) is 0 Å². The minimum atomic E-state index is 0. The fourth-order valence-electron chi connectivity index (χ4n) is 1.01. The maximum Gasteiger partial charge on any atom is 0.191 e. The fourth-order valence-corrected chi connectivity index (χ4v) is 1.88. The molecule has 0 bridgehead atoms. The molecular weight excluding hydrogens is 323 g/mol. The number of hydrogen-bond donors (Lipinski definition) is 1. The first kappa shape index (κ1) is 14.6. The zero-order valence-electron chi connectivity index (χ0n) is 9.44. The summed E-state index contributed by atoms with van der Waals surface area (Å²) >= 11 is 1.68. The van der Waals surface area contributed by atoms with Gasteiger partial charge in [0.2, 0.25) is 0 Å². The molecule has 0 aliphatic rings. The second kappa shape index (κ2) is 6.26. The topological polar surface area (TPSA) is 54.5 Å². The van der Waals surface area contributed by atoms with E-state index in [9.17, 15) is 0 Å². The molecule has 0 atom stereocenters. The summed E-state index contributed by atoms with van der Waals surface area (Å²) in [5.74, 6) is 0.551. The molecule has 0 saturated carbocycles. The van der Waals surface area contributed by atoms with Crippen molar-refractivity contribution in [2.45, 2.75) is 20.4 Å². The third-order valence-electron chi connectivity index (χ3n) is 1.84. The van der Waals surface area contributed by atoms with E-state index in [1.54, 1.807) is 16.2 Å². The van der Waals surface area contributed by atoms with E-state index < -0.39 is 0 Å². The molecule has 86 valence electrons. The molecule has 1 heterocycles. The van der Waals surface area contributed by atoms with E-state index >= 15 is 0 Å². The molecule has 15 heavy (non-hydrogen) atoms. The molecule has 0 amide bonds. The minimum absolute atomic E-state index is 0. The zero-order chi connectivity index (χ0) is 10.7. The Balaban J connectivity index is 0.00000196. The molecule has 2 N–H and O–H groups in total. The second-order valence-electron chi connectivity index (χ2n) is 3.31. The Labute approximate surface area is 112 Å². The van der Waals surface area contributed by atoms with Crippen LogP contribution in [0, 0.1) is 13.8 Å². The highest BCUT2D eigenvalue weighted by Gasteiger charge is 2.03. The van der Waals surface area contributed by atoms with E-state index in [1.807, 2.05) is 27.9 Å². The summed E-state index contributed by atoms with van der Waals surface area (Å²) in [6, 6.07) is 0. The van der Waals surface area contributed by atoms with Gasteiger partial charge >= 0.3 is 0 Å². The van der Waals surface area contributed by atoms with Gasteiger partial charge in [0.1, 0.15) is 0 Å². The molecule has 0 unspecified atom stereocenters. The van der Waals surface area contributed by atoms with E-state index in [2.05, 4.69) is 9.98 Å². The molecule has 0 radical (unpaired) electrons. The minimum Gasteiger partial charge on any atom is -0.370 e. The Hall–Kier alpha value is -0.370. The van der Waals surface area contributed by atoms with Gasteiger partial charge in [0.25, 0.3) is 0 Å². The molecule has 0 aromatic carbocycles. The van der Waals surface area contributed by atoms with Crippen molar-refractivity contribution in [3.05, 3.63) is 15.6 Å². The summed E-state index contributed by atoms with van der Waals surface area (Å²) in [6.07, 6.45) is 0. The lowest BCUT2D eigenvalue weighted by molar-refractivity contribution is 0.609. The summed E-state index contributed by atoms with van der Waals surface area (Å²) in [6.45, 7) is 4.63. The van der Waals surface area contributed by atoms with Gasteiger partial charge in [-0.1, -0.05) is 0 Å². The smallest absolute Gasteiger partial charge is 0.191 e. The van der Waals surface area contributed by atoms with E-state index in [1.165, 1.54) is 4.88 Å². The van der Waals surface area contributed by atoms with Crippen LogP contribution in [0.4, 0.5) is 0 Å². The summed E-state index contributed by atoms with van der Waals surface area (Å²) in [7, 11) is 3.76. The highest BCUT2D eigenvalue weighted by Crippen LogP contribution is 2.17. The van der Waals surface area contributed by atoms with Crippen molar-refractivity contribution in [2.24, 2.45) is 10.7 Å². The van der Waals surface area contributed by atoms with Crippen molar-refractivity contribution in [3.63, 3.8) is 0 Å². The van der Waals surface area contributed by atoms with Crippen LogP contribution in [0.15, 0.2) is 4.99 Å². The van der Waals surface area contributed by atoms with Crippen molar-refractivity contribution in [3.8, 4) is 0 Å². The normalized spacial score (nSPS) is 11.1. The number of guanidine groups is 1. The number of nitrogens with two attached hydrogens (primary N) is 1. The highest BCUT2D eigenvalue weighted by molar-refractivity contribution is 14.0. The van der Waals surface area contributed by atoms with E-state index in [4.69, 9.17) is 5.73 Å². The molecule has 0 aliphatic heterocycles. The predicted octanol–water partition coefficient (Wildman–Crippen LogP) is 1.75. The zero-order valence-corrected chi connectivity index (χ0v) is 12.6. The first-order chi connectivity index (χ1) is 6.50. The highest BCUT2D eigenvalue weighted by atomic mass is 127. The molecular formula is C9H17IN4S. The molecule has 4 nitrogen and oxygen atoms in total. The van der Waals surface area contributed by atoms with Crippen LogP contribution in [0.3, 0.4) is 0 Å². The summed E-state index contributed by atoms with van der Waals surface area (Å²) < 4.78 is 0. The van der Waals surface area contributed by atoms with Gasteiger partial charge in [-0.2, -0.15) is 0 Å². The average Bonchev–Trinajstić information content (AvgIpc) is 2.40. The van der Waals surface area contributed by atoms with Crippen LogP contribution in [0.5, 0.6) is 0 Å². The molecule has 6 heteroatoms. The monoisotopic (exact) mass is 340 g/mol. The summed E-state index contributed by atoms with van der Waals surface area (Å²) in [5, 5.41) is 1.08. The number of thiazole rings is 1. The van der Waals surface area contributed by atoms with E-state index in [0.717, 1.165) is 10.7 Å².